The van der Waals surface area contributed by atoms with Gasteiger partial charge in [0, 0.05) is 6.92 Å². The van der Waals surface area contributed by atoms with Gasteiger partial charge in [-0.3, -0.25) is 8.75 Å². The zero-order valence-electron chi connectivity index (χ0n) is 14.4. The van der Waals surface area contributed by atoms with Gasteiger partial charge < -0.3 is 4.74 Å². The summed E-state index contributed by atoms with van der Waals surface area (Å²) in [4.78, 5) is 23.3. The Morgan fingerprint density at radius 1 is 1.27 bits per heavy atom. The van der Waals surface area contributed by atoms with Crippen LogP contribution in [-0.2, 0) is 19.0 Å². The minimum Gasteiger partial charge on any atom is -0.352 e. The van der Waals surface area contributed by atoms with Crippen LogP contribution in [0.5, 0.6) is 0 Å². The summed E-state index contributed by atoms with van der Waals surface area (Å²) in [5.41, 5.74) is 0.671. The van der Waals surface area contributed by atoms with Gasteiger partial charge in [0.1, 0.15) is 6.23 Å². The molecule has 2 aromatic rings. The molecule has 0 aliphatic carbocycles. The van der Waals surface area contributed by atoms with Crippen LogP contribution in [0, 0.1) is 18.8 Å². The largest absolute Gasteiger partial charge is 0.380 e. The average molecular weight is 382 g/mol. The molecule has 9 nitrogen and oxygen atoms in total. The number of aryl methyl sites for hydroxylation is 2. The van der Waals surface area contributed by atoms with Crippen LogP contribution in [0.3, 0.4) is 0 Å². The van der Waals surface area contributed by atoms with Crippen LogP contribution in [0.15, 0.2) is 40.2 Å². The van der Waals surface area contributed by atoms with E-state index in [1.54, 1.807) is 19.1 Å². The van der Waals surface area contributed by atoms with Crippen LogP contribution < -0.4 is 10.2 Å². The van der Waals surface area contributed by atoms with Gasteiger partial charge >= 0.3 is 5.69 Å². The Balaban J connectivity index is 1.65. The van der Waals surface area contributed by atoms with Gasteiger partial charge in [-0.2, -0.15) is 8.42 Å². The molecule has 0 saturated carbocycles. The van der Waals surface area contributed by atoms with Gasteiger partial charge in [-0.25, -0.2) is 4.79 Å². The Kier molecular flexibility index (Phi) is 5.08. The van der Waals surface area contributed by atoms with Crippen molar-refractivity contribution in [3.05, 3.63) is 57.1 Å². The van der Waals surface area contributed by atoms with E-state index in [-0.39, 0.29) is 11.5 Å². The van der Waals surface area contributed by atoms with Crippen molar-refractivity contribution in [1.82, 2.24) is 9.67 Å². The fourth-order valence-electron chi connectivity index (χ4n) is 2.71. The van der Waals surface area contributed by atoms with E-state index in [0.29, 0.717) is 23.1 Å². The summed E-state index contributed by atoms with van der Waals surface area (Å²) in [6.07, 6.45) is 1.41. The van der Waals surface area contributed by atoms with E-state index in [4.69, 9.17) is 8.92 Å². The number of benzene rings is 1. The first kappa shape index (κ1) is 18.5. The molecule has 0 bridgehead atoms. The molecule has 2 atom stereocenters. The maximum Gasteiger partial charge on any atom is 0.380 e. The van der Waals surface area contributed by atoms with Gasteiger partial charge in [0.2, 0.25) is 0 Å². The normalized spacial score (nSPS) is 20.4. The molecule has 1 aromatic heterocycles. The molecule has 2 heterocycles. The molecule has 1 saturated heterocycles. The van der Waals surface area contributed by atoms with Crippen LogP contribution in [0.1, 0.15) is 30.3 Å². The lowest BCUT2D eigenvalue weighted by molar-refractivity contribution is -0.575. The highest BCUT2D eigenvalue weighted by Crippen LogP contribution is 2.28. The Hall–Kier alpha value is -2.30. The van der Waals surface area contributed by atoms with Crippen molar-refractivity contribution < 1.29 is 21.9 Å². The molecule has 140 valence electrons. The topological polar surface area (TPSA) is 113 Å². The molecular formula is C16H20N3O6S+. The lowest BCUT2D eigenvalue weighted by Gasteiger charge is -2.15. The van der Waals surface area contributed by atoms with E-state index in [2.05, 4.69) is 5.10 Å². The van der Waals surface area contributed by atoms with E-state index >= 15 is 0 Å². The van der Waals surface area contributed by atoms with Crippen LogP contribution in [0.2, 0.25) is 0 Å². The van der Waals surface area contributed by atoms with Crippen LogP contribution in [-0.4, -0.2) is 30.8 Å². The summed E-state index contributed by atoms with van der Waals surface area (Å²) >= 11 is 0. The van der Waals surface area contributed by atoms with Gasteiger partial charge in [0.25, 0.3) is 15.8 Å². The third-order valence-electron chi connectivity index (χ3n) is 4.19. The summed E-state index contributed by atoms with van der Waals surface area (Å²) in [5, 5.41) is 2.14. The van der Waals surface area contributed by atoms with E-state index < -0.39 is 28.1 Å². The number of rotatable bonds is 5. The van der Waals surface area contributed by atoms with Crippen molar-refractivity contribution in [2.45, 2.75) is 43.9 Å². The minimum absolute atomic E-state index is 0.0853. The Bertz CT molecular complexity index is 1010. The first-order valence-corrected chi connectivity index (χ1v) is 9.53. The molecule has 0 amide bonds. The standard InChI is InChI=1S/C16H19N3O6S/c1-11-3-6-14(7-4-11)26(22,23)24-10-13-5-8-15(25-13)18-9-12(2)19(21)17-16(18)20/h3-4,6-7,9,13,15H,5,8,10H2,1-2H3/p+1. The van der Waals surface area contributed by atoms with E-state index in [1.807, 2.05) is 6.92 Å². The molecular weight excluding hydrogens is 362 g/mol. The molecule has 10 heteroatoms. The first-order chi connectivity index (χ1) is 12.3. The molecule has 1 aliphatic rings. The van der Waals surface area contributed by atoms with Gasteiger partial charge in [-0.1, -0.05) is 22.8 Å². The predicted molar refractivity (Wildman–Crippen MR) is 90.6 cm³/mol. The number of hydrogen-bond donors (Lipinski definition) is 1. The third kappa shape index (κ3) is 3.92. The smallest absolute Gasteiger partial charge is 0.352 e. The summed E-state index contributed by atoms with van der Waals surface area (Å²) < 4.78 is 36.9. The zero-order valence-corrected chi connectivity index (χ0v) is 15.2. The maximum atomic E-state index is 12.2. The molecule has 2 unspecified atom stereocenters. The van der Waals surface area contributed by atoms with Crippen LogP contribution >= 0.6 is 0 Å². The first-order valence-electron chi connectivity index (χ1n) is 8.12. The molecule has 1 aromatic carbocycles. The fraction of sp³-hybridized carbons (Fsp3) is 0.438. The number of nitrogens with one attached hydrogen (secondary N) is 1. The molecule has 1 fully saturated rings. The average Bonchev–Trinajstić information content (AvgIpc) is 3.05. The monoisotopic (exact) mass is 382 g/mol. The lowest BCUT2D eigenvalue weighted by atomic mass is 10.2. The number of hydrogen-bond acceptors (Lipinski definition) is 6. The summed E-state index contributed by atoms with van der Waals surface area (Å²) in [5.74, 6) is 0. The summed E-state index contributed by atoms with van der Waals surface area (Å²) in [6.45, 7) is 3.28. The second kappa shape index (κ2) is 7.14. The summed E-state index contributed by atoms with van der Waals surface area (Å²) in [7, 11) is -3.87. The van der Waals surface area contributed by atoms with Gasteiger partial charge in [-0.05, 0) is 31.9 Å². The molecule has 0 spiro atoms. The van der Waals surface area contributed by atoms with Crippen molar-refractivity contribution in [3.8, 4) is 0 Å². The van der Waals surface area contributed by atoms with Crippen molar-refractivity contribution >= 4 is 10.1 Å². The van der Waals surface area contributed by atoms with E-state index in [1.165, 1.54) is 22.9 Å². The number of H-pyrrole nitrogens is 1. The highest BCUT2D eigenvalue weighted by Gasteiger charge is 2.30. The SMILES string of the molecule is Cc1ccc(S(=O)(=O)OCC2CCC(n3cc(C)[n+](=O)[nH]c3=O)O2)cc1. The number of aromatic nitrogens is 3. The molecule has 1 aliphatic heterocycles. The number of ether oxygens (including phenoxy) is 1. The highest BCUT2D eigenvalue weighted by atomic mass is 32.2. The van der Waals surface area contributed by atoms with Crippen LogP contribution in [0.4, 0.5) is 0 Å². The van der Waals surface area contributed by atoms with Crippen molar-refractivity contribution in [1.29, 1.82) is 0 Å². The van der Waals surface area contributed by atoms with Crippen molar-refractivity contribution in [2.24, 2.45) is 0 Å². The van der Waals surface area contributed by atoms with Crippen molar-refractivity contribution in [2.75, 3.05) is 6.61 Å². The maximum absolute atomic E-state index is 12.2. The van der Waals surface area contributed by atoms with Gasteiger partial charge in [0.05, 0.1) is 28.7 Å². The Morgan fingerprint density at radius 3 is 2.65 bits per heavy atom. The van der Waals surface area contributed by atoms with Gasteiger partial charge in [0.15, 0.2) is 4.54 Å². The number of aromatic amines is 1. The van der Waals surface area contributed by atoms with E-state index in [0.717, 1.165) is 5.56 Å². The number of nitrogens with zero attached hydrogens (tertiary/aromatic N) is 2. The molecule has 1 N–H and O–H groups in total. The molecule has 3 rings (SSSR count). The zero-order chi connectivity index (χ0) is 18.9. The highest BCUT2D eigenvalue weighted by molar-refractivity contribution is 7.86. The van der Waals surface area contributed by atoms with Crippen LogP contribution in [0.25, 0.3) is 0 Å². The predicted octanol–water partition coefficient (Wildman–Crippen LogP) is 0.791. The molecule has 26 heavy (non-hydrogen) atoms. The second-order valence-corrected chi connectivity index (χ2v) is 7.85. The minimum atomic E-state index is -3.87. The summed E-state index contributed by atoms with van der Waals surface area (Å²) in [6, 6.07) is 6.37. The lowest BCUT2D eigenvalue weighted by Crippen LogP contribution is -2.39. The van der Waals surface area contributed by atoms with Gasteiger partial charge in [-0.15, -0.1) is 0 Å². The Morgan fingerprint density at radius 2 is 1.96 bits per heavy atom. The fourth-order valence-corrected chi connectivity index (χ4v) is 3.65. The molecule has 0 radical (unpaired) electrons. The second-order valence-electron chi connectivity index (χ2n) is 6.23. The quantitative estimate of drug-likeness (QED) is 0.604. The Labute approximate surface area is 149 Å². The third-order valence-corrected chi connectivity index (χ3v) is 5.49. The van der Waals surface area contributed by atoms with Crippen molar-refractivity contribution in [3.63, 3.8) is 0 Å². The van der Waals surface area contributed by atoms with E-state index in [9.17, 15) is 18.1 Å².